The van der Waals surface area contributed by atoms with Gasteiger partial charge in [-0.2, -0.15) is 4.31 Å². The highest BCUT2D eigenvalue weighted by Crippen LogP contribution is 2.30. The van der Waals surface area contributed by atoms with Crippen LogP contribution in [0.2, 0.25) is 0 Å². The summed E-state index contributed by atoms with van der Waals surface area (Å²) in [5, 5.41) is 2.69. The second kappa shape index (κ2) is 9.20. The number of benzene rings is 2. The molecule has 0 saturated carbocycles. The molecule has 0 spiro atoms. The highest BCUT2D eigenvalue weighted by atomic mass is 32.2. The van der Waals surface area contributed by atoms with Gasteiger partial charge in [-0.25, -0.2) is 8.42 Å². The Morgan fingerprint density at radius 2 is 1.61 bits per heavy atom. The number of sulfonamides is 1. The largest absolute Gasteiger partial charge is 0.495 e. The smallest absolute Gasteiger partial charge is 0.314 e. The minimum Gasteiger partial charge on any atom is -0.495 e. The highest BCUT2D eigenvalue weighted by molar-refractivity contribution is 7.89. The minimum atomic E-state index is -3.72. The van der Waals surface area contributed by atoms with Crippen LogP contribution in [-0.2, 0) is 10.0 Å². The SMILES string of the molecule is COc1ccc(S(=O)(=O)N2CCCCCC2)cc1NC(=O)c1ccc2[nH]c(=O)c(=O)[nH]c2c1. The zero-order valence-electron chi connectivity index (χ0n) is 18.0. The number of hydrogen-bond acceptors (Lipinski definition) is 6. The number of nitrogens with one attached hydrogen (secondary N) is 3. The van der Waals surface area contributed by atoms with Crippen molar-refractivity contribution in [2.45, 2.75) is 30.6 Å². The quantitative estimate of drug-likeness (QED) is 0.485. The van der Waals surface area contributed by atoms with E-state index in [0.717, 1.165) is 25.7 Å². The molecule has 1 aliphatic heterocycles. The number of anilines is 1. The van der Waals surface area contributed by atoms with Crippen molar-refractivity contribution in [1.82, 2.24) is 14.3 Å². The van der Waals surface area contributed by atoms with E-state index in [-0.39, 0.29) is 21.7 Å². The molecule has 0 atom stereocenters. The number of aromatic amines is 2. The first-order valence-electron chi connectivity index (χ1n) is 10.6. The van der Waals surface area contributed by atoms with Crippen LogP contribution in [0.4, 0.5) is 5.69 Å². The topological polar surface area (TPSA) is 141 Å². The van der Waals surface area contributed by atoms with Crippen molar-refractivity contribution in [2.24, 2.45) is 0 Å². The molecule has 1 fully saturated rings. The molecule has 1 amide bonds. The van der Waals surface area contributed by atoms with Crippen molar-refractivity contribution in [3.05, 3.63) is 62.7 Å². The van der Waals surface area contributed by atoms with Crippen LogP contribution in [0.3, 0.4) is 0 Å². The first kappa shape index (κ1) is 22.7. The number of ether oxygens (including phenoxy) is 1. The summed E-state index contributed by atoms with van der Waals surface area (Å²) in [6.07, 6.45) is 3.63. The summed E-state index contributed by atoms with van der Waals surface area (Å²) in [4.78, 5) is 40.9. The summed E-state index contributed by atoms with van der Waals surface area (Å²) in [7, 11) is -2.30. The van der Waals surface area contributed by atoms with Crippen molar-refractivity contribution in [1.29, 1.82) is 0 Å². The number of fused-ring (bicyclic) bond motifs is 1. The van der Waals surface area contributed by atoms with E-state index in [9.17, 15) is 22.8 Å². The standard InChI is InChI=1S/C22H24N4O6S/c1-32-19-9-7-15(33(30,31)26-10-4-2-3-5-11-26)13-18(19)25-20(27)14-6-8-16-17(12-14)24-22(29)21(28)23-16/h6-9,12-13H,2-5,10-11H2,1H3,(H,23,28)(H,24,29)(H,25,27). The maximum atomic E-state index is 13.2. The normalized spacial score (nSPS) is 15.2. The van der Waals surface area contributed by atoms with Crippen LogP contribution in [0.1, 0.15) is 36.0 Å². The number of methoxy groups -OCH3 is 1. The molecule has 0 bridgehead atoms. The van der Waals surface area contributed by atoms with Crippen LogP contribution in [-0.4, -0.2) is 48.8 Å². The van der Waals surface area contributed by atoms with Crippen molar-refractivity contribution in [3.63, 3.8) is 0 Å². The van der Waals surface area contributed by atoms with Gasteiger partial charge in [0.2, 0.25) is 10.0 Å². The highest BCUT2D eigenvalue weighted by Gasteiger charge is 2.26. The van der Waals surface area contributed by atoms with Gasteiger partial charge in [0.05, 0.1) is 28.7 Å². The third-order valence-electron chi connectivity index (χ3n) is 5.61. The second-order valence-electron chi connectivity index (χ2n) is 7.80. The average Bonchev–Trinajstić information content (AvgIpc) is 3.10. The Kier molecular flexibility index (Phi) is 6.34. The number of H-pyrrole nitrogens is 2. The van der Waals surface area contributed by atoms with Crippen LogP contribution in [0.5, 0.6) is 5.75 Å². The molecule has 174 valence electrons. The molecular formula is C22H24N4O6S. The Morgan fingerprint density at radius 1 is 0.939 bits per heavy atom. The van der Waals surface area contributed by atoms with E-state index in [2.05, 4.69) is 15.3 Å². The summed E-state index contributed by atoms with van der Waals surface area (Å²) in [5.41, 5.74) is -0.544. The molecule has 11 heteroatoms. The third-order valence-corrected chi connectivity index (χ3v) is 7.50. The fraction of sp³-hybridized carbons (Fsp3) is 0.318. The van der Waals surface area contributed by atoms with E-state index >= 15 is 0 Å². The first-order valence-corrected chi connectivity index (χ1v) is 12.0. The van der Waals surface area contributed by atoms with Crippen molar-refractivity contribution in [2.75, 3.05) is 25.5 Å². The molecule has 33 heavy (non-hydrogen) atoms. The maximum Gasteiger partial charge on any atom is 0.314 e. The van der Waals surface area contributed by atoms with E-state index in [1.807, 2.05) is 0 Å². The Hall–Kier alpha value is -3.44. The van der Waals surface area contributed by atoms with Gasteiger partial charge in [0.1, 0.15) is 5.75 Å². The van der Waals surface area contributed by atoms with Gasteiger partial charge < -0.3 is 20.0 Å². The lowest BCUT2D eigenvalue weighted by atomic mass is 10.1. The molecule has 3 aromatic rings. The van der Waals surface area contributed by atoms with Gasteiger partial charge in [-0.1, -0.05) is 12.8 Å². The number of nitrogens with zero attached hydrogens (tertiary/aromatic N) is 1. The lowest BCUT2D eigenvalue weighted by Gasteiger charge is -2.21. The van der Waals surface area contributed by atoms with Gasteiger partial charge >= 0.3 is 11.1 Å². The van der Waals surface area contributed by atoms with Gasteiger partial charge in [-0.05, 0) is 49.2 Å². The van der Waals surface area contributed by atoms with Gasteiger partial charge in [0.15, 0.2) is 0 Å². The van der Waals surface area contributed by atoms with Crippen LogP contribution in [0, 0.1) is 0 Å². The molecule has 0 aliphatic carbocycles. The summed E-state index contributed by atoms with van der Waals surface area (Å²) < 4.78 is 33.1. The monoisotopic (exact) mass is 472 g/mol. The molecule has 1 aromatic heterocycles. The summed E-state index contributed by atoms with van der Waals surface area (Å²) in [6, 6.07) is 8.76. The lowest BCUT2D eigenvalue weighted by molar-refractivity contribution is 0.102. The Balaban J connectivity index is 1.65. The van der Waals surface area contributed by atoms with Crippen molar-refractivity contribution in [3.8, 4) is 5.75 Å². The Labute approximate surface area is 189 Å². The summed E-state index contributed by atoms with van der Waals surface area (Å²) in [6.45, 7) is 0.931. The predicted octanol–water partition coefficient (Wildman–Crippen LogP) is 2.04. The van der Waals surface area contributed by atoms with E-state index in [0.29, 0.717) is 24.4 Å². The van der Waals surface area contributed by atoms with Crippen LogP contribution >= 0.6 is 0 Å². The predicted molar refractivity (Wildman–Crippen MR) is 123 cm³/mol. The lowest BCUT2D eigenvalue weighted by Crippen LogP contribution is -2.32. The number of aromatic nitrogens is 2. The van der Waals surface area contributed by atoms with E-state index in [1.165, 1.54) is 47.8 Å². The van der Waals surface area contributed by atoms with Crippen LogP contribution in [0.25, 0.3) is 11.0 Å². The zero-order chi connectivity index (χ0) is 23.6. The van der Waals surface area contributed by atoms with E-state index < -0.39 is 27.0 Å². The van der Waals surface area contributed by atoms with Gasteiger partial charge in [0, 0.05) is 18.7 Å². The molecule has 0 unspecified atom stereocenters. The fourth-order valence-electron chi connectivity index (χ4n) is 3.83. The number of rotatable bonds is 5. The third kappa shape index (κ3) is 4.69. The van der Waals surface area contributed by atoms with Crippen LogP contribution in [0.15, 0.2) is 50.9 Å². The molecule has 2 aromatic carbocycles. The van der Waals surface area contributed by atoms with Gasteiger partial charge in [0.25, 0.3) is 5.91 Å². The molecular weight excluding hydrogens is 448 g/mol. The van der Waals surface area contributed by atoms with E-state index in [4.69, 9.17) is 4.74 Å². The molecule has 2 heterocycles. The maximum absolute atomic E-state index is 13.2. The number of amides is 1. The number of carbonyl (C=O) groups excluding carboxylic acids is 1. The molecule has 3 N–H and O–H groups in total. The average molecular weight is 473 g/mol. The second-order valence-corrected chi connectivity index (χ2v) is 9.74. The molecule has 4 rings (SSSR count). The number of hydrogen-bond donors (Lipinski definition) is 3. The molecule has 1 saturated heterocycles. The fourth-order valence-corrected chi connectivity index (χ4v) is 5.37. The molecule has 10 nitrogen and oxygen atoms in total. The number of carbonyl (C=O) groups is 1. The Bertz CT molecular complexity index is 1420. The van der Waals surface area contributed by atoms with Crippen molar-refractivity contribution < 1.29 is 17.9 Å². The minimum absolute atomic E-state index is 0.0703. The van der Waals surface area contributed by atoms with Crippen molar-refractivity contribution >= 4 is 32.7 Å². The van der Waals surface area contributed by atoms with Crippen LogP contribution < -0.4 is 21.2 Å². The Morgan fingerprint density at radius 3 is 2.27 bits per heavy atom. The van der Waals surface area contributed by atoms with Gasteiger partial charge in [-0.3, -0.25) is 14.4 Å². The van der Waals surface area contributed by atoms with Gasteiger partial charge in [-0.15, -0.1) is 0 Å². The summed E-state index contributed by atoms with van der Waals surface area (Å²) in [5.74, 6) is -0.233. The zero-order valence-corrected chi connectivity index (χ0v) is 18.8. The first-order chi connectivity index (χ1) is 15.8. The molecule has 0 radical (unpaired) electrons. The molecule has 1 aliphatic rings. The van der Waals surface area contributed by atoms with E-state index in [1.54, 1.807) is 0 Å². The summed E-state index contributed by atoms with van der Waals surface area (Å²) >= 11 is 0.